The number of hydrogen-bond donors (Lipinski definition) is 1. The molecule has 2 fully saturated rings. The molecule has 4 rings (SSSR count). The predicted molar refractivity (Wildman–Crippen MR) is 102 cm³/mol. The van der Waals surface area contributed by atoms with E-state index in [0.717, 1.165) is 4.88 Å². The second-order valence-electron chi connectivity index (χ2n) is 7.08. The van der Waals surface area contributed by atoms with Gasteiger partial charge in [0.25, 0.3) is 0 Å². The Balaban J connectivity index is 1.41. The Morgan fingerprint density at radius 3 is 2.75 bits per heavy atom. The Morgan fingerprint density at radius 2 is 2.07 bits per heavy atom. The smallest absolute Gasteiger partial charge is 0.249 e. The van der Waals surface area contributed by atoms with Crippen molar-refractivity contribution in [2.24, 2.45) is 5.41 Å². The fourth-order valence-corrected chi connectivity index (χ4v) is 5.83. The van der Waals surface area contributed by atoms with Crippen LogP contribution in [-0.2, 0) is 27.3 Å². The van der Waals surface area contributed by atoms with Gasteiger partial charge in [-0.2, -0.15) is 0 Å². The number of carboxylic acids is 1. The largest absolute Gasteiger partial charge is 0.549 e. The van der Waals surface area contributed by atoms with Crippen LogP contribution in [0.4, 0.5) is 0 Å². The van der Waals surface area contributed by atoms with Gasteiger partial charge in [-0.1, -0.05) is 12.1 Å². The maximum absolute atomic E-state index is 12.6. The van der Waals surface area contributed by atoms with Gasteiger partial charge < -0.3 is 20.1 Å². The Labute approximate surface area is 170 Å². The Morgan fingerprint density at radius 1 is 1.29 bits per heavy atom. The minimum atomic E-state index is -1.16. The van der Waals surface area contributed by atoms with E-state index < -0.39 is 17.4 Å². The van der Waals surface area contributed by atoms with Gasteiger partial charge in [0, 0.05) is 29.3 Å². The van der Waals surface area contributed by atoms with Crippen molar-refractivity contribution in [2.45, 2.75) is 24.4 Å². The summed E-state index contributed by atoms with van der Waals surface area (Å²) < 4.78 is 1.79. The van der Waals surface area contributed by atoms with Gasteiger partial charge in [-0.3, -0.25) is 9.59 Å². The first-order valence-corrected chi connectivity index (χ1v) is 10.8. The summed E-state index contributed by atoms with van der Waals surface area (Å²) in [6, 6.07) is 8.68. The molecule has 1 N–H and O–H groups in total. The molecule has 9 heteroatoms. The lowest BCUT2D eigenvalue weighted by Gasteiger charge is -2.54. The van der Waals surface area contributed by atoms with E-state index in [1.807, 2.05) is 35.7 Å². The molecule has 146 valence electrons. The van der Waals surface area contributed by atoms with E-state index in [4.69, 9.17) is 0 Å². The standard InChI is InChI=1S/C19H19N3O4S2/c23-14(9-13-5-4-8-27-13)20-15-16(24)22-11-19(18(25)26,12-28-17(15)22)10-21-6-2-1-3-7-21/h1-8,15,17H,9-12H2,(H-,20,23,25,26)/t15?,17-,19?/m1/s1. The van der Waals surface area contributed by atoms with Gasteiger partial charge in [0.1, 0.15) is 11.4 Å². The number of β-lactam (4-membered cyclic amide) rings is 1. The third-order valence-corrected chi connectivity index (χ3v) is 7.54. The monoisotopic (exact) mass is 417 g/mol. The summed E-state index contributed by atoms with van der Waals surface area (Å²) in [7, 11) is 0. The first-order chi connectivity index (χ1) is 13.5. The molecule has 0 aromatic carbocycles. The van der Waals surface area contributed by atoms with Crippen LogP contribution in [0.1, 0.15) is 4.88 Å². The zero-order valence-corrected chi connectivity index (χ0v) is 16.6. The fourth-order valence-electron chi connectivity index (χ4n) is 3.60. The summed E-state index contributed by atoms with van der Waals surface area (Å²) in [6.45, 7) is 0.320. The molecule has 28 heavy (non-hydrogen) atoms. The van der Waals surface area contributed by atoms with Crippen molar-refractivity contribution < 1.29 is 24.1 Å². The fraction of sp³-hybridized carbons (Fsp3) is 0.368. The third kappa shape index (κ3) is 3.51. The number of carbonyl (C=O) groups excluding carboxylic acids is 3. The van der Waals surface area contributed by atoms with Crippen LogP contribution in [0, 0.1) is 5.41 Å². The second-order valence-corrected chi connectivity index (χ2v) is 9.22. The number of thiophene rings is 1. The number of nitrogens with one attached hydrogen (secondary N) is 1. The SMILES string of the molecule is O=C(Cc1cccs1)NC1C(=O)N2CC(C[n+]3ccccc3)(C(=O)[O-])CS[C@H]12. The minimum Gasteiger partial charge on any atom is -0.549 e. The highest BCUT2D eigenvalue weighted by molar-refractivity contribution is 8.00. The second kappa shape index (κ2) is 7.56. The number of aromatic nitrogens is 1. The van der Waals surface area contributed by atoms with Gasteiger partial charge in [-0.15, -0.1) is 23.1 Å². The molecule has 2 aromatic heterocycles. The summed E-state index contributed by atoms with van der Waals surface area (Å²) in [5.74, 6) is -1.27. The summed E-state index contributed by atoms with van der Waals surface area (Å²) in [5.41, 5.74) is -1.16. The van der Waals surface area contributed by atoms with E-state index in [9.17, 15) is 19.5 Å². The number of nitrogens with zero attached hydrogens (tertiary/aromatic N) is 2. The highest BCUT2D eigenvalue weighted by atomic mass is 32.2. The maximum Gasteiger partial charge on any atom is 0.249 e. The van der Waals surface area contributed by atoms with Gasteiger partial charge in [0.05, 0.1) is 17.8 Å². The highest BCUT2D eigenvalue weighted by Gasteiger charge is 2.56. The molecule has 7 nitrogen and oxygen atoms in total. The lowest BCUT2D eigenvalue weighted by molar-refractivity contribution is -0.707. The molecule has 2 unspecified atom stereocenters. The Bertz CT molecular complexity index is 890. The van der Waals surface area contributed by atoms with Gasteiger partial charge in [0.2, 0.25) is 11.8 Å². The molecule has 0 radical (unpaired) electrons. The van der Waals surface area contributed by atoms with Gasteiger partial charge in [0.15, 0.2) is 18.9 Å². The molecule has 3 atom stereocenters. The number of hydrogen-bond acceptors (Lipinski definition) is 6. The first-order valence-electron chi connectivity index (χ1n) is 8.88. The maximum atomic E-state index is 12.6. The number of carboxylic acid groups (broad SMARTS) is 1. The van der Waals surface area contributed by atoms with Crippen LogP contribution in [-0.4, -0.2) is 46.4 Å². The molecule has 0 bridgehead atoms. The predicted octanol–water partition coefficient (Wildman–Crippen LogP) is -0.585. The zero-order valence-electron chi connectivity index (χ0n) is 14.9. The van der Waals surface area contributed by atoms with Crippen LogP contribution in [0.2, 0.25) is 0 Å². The molecule has 2 aromatic rings. The number of thioether (sulfide) groups is 1. The molecule has 0 spiro atoms. The number of pyridine rings is 1. The molecule has 2 aliphatic heterocycles. The van der Waals surface area contributed by atoms with Crippen LogP contribution < -0.4 is 15.0 Å². The van der Waals surface area contributed by atoms with Crippen molar-refractivity contribution in [3.05, 3.63) is 53.0 Å². The topological polar surface area (TPSA) is 93.4 Å². The van der Waals surface area contributed by atoms with Crippen molar-refractivity contribution in [2.75, 3.05) is 12.3 Å². The summed E-state index contributed by atoms with van der Waals surface area (Å²) in [5, 5.41) is 16.4. The van der Waals surface area contributed by atoms with Gasteiger partial charge in [-0.05, 0) is 11.4 Å². The van der Waals surface area contributed by atoms with E-state index in [1.165, 1.54) is 23.1 Å². The number of fused-ring (bicyclic) bond motifs is 1. The number of rotatable bonds is 6. The summed E-state index contributed by atoms with van der Waals surface area (Å²) in [4.78, 5) is 39.2. The summed E-state index contributed by atoms with van der Waals surface area (Å²) >= 11 is 2.88. The molecule has 2 amide bonds. The van der Waals surface area contributed by atoms with Crippen molar-refractivity contribution in [1.29, 1.82) is 0 Å². The molecule has 0 saturated carbocycles. The van der Waals surface area contributed by atoms with Crippen molar-refractivity contribution in [3.8, 4) is 0 Å². The van der Waals surface area contributed by atoms with Crippen molar-refractivity contribution in [3.63, 3.8) is 0 Å². The van der Waals surface area contributed by atoms with E-state index in [2.05, 4.69) is 5.32 Å². The van der Waals surface area contributed by atoms with Gasteiger partial charge in [-0.25, -0.2) is 4.57 Å². The molecule has 2 aliphatic rings. The Hall–Kier alpha value is -2.39. The van der Waals surface area contributed by atoms with E-state index in [1.54, 1.807) is 21.9 Å². The lowest BCUT2D eigenvalue weighted by atomic mass is 9.87. The van der Waals surface area contributed by atoms with Crippen molar-refractivity contribution >= 4 is 40.9 Å². The first kappa shape index (κ1) is 18.9. The van der Waals surface area contributed by atoms with Crippen molar-refractivity contribution in [1.82, 2.24) is 10.2 Å². The normalized spacial score (nSPS) is 26.3. The number of amides is 2. The molecular formula is C19H19N3O4S2. The summed E-state index contributed by atoms with van der Waals surface area (Å²) in [6.07, 6.45) is 3.84. The van der Waals surface area contributed by atoms with E-state index >= 15 is 0 Å². The zero-order chi connectivity index (χ0) is 19.7. The lowest BCUT2D eigenvalue weighted by Crippen LogP contribution is -2.75. The highest BCUT2D eigenvalue weighted by Crippen LogP contribution is 2.42. The van der Waals surface area contributed by atoms with Crippen LogP contribution in [0.3, 0.4) is 0 Å². The molecular weight excluding hydrogens is 398 g/mol. The van der Waals surface area contributed by atoms with E-state index in [-0.39, 0.29) is 36.7 Å². The average Bonchev–Trinajstić information content (AvgIpc) is 3.19. The van der Waals surface area contributed by atoms with Crippen LogP contribution in [0.25, 0.3) is 0 Å². The van der Waals surface area contributed by atoms with Crippen LogP contribution in [0.15, 0.2) is 48.1 Å². The van der Waals surface area contributed by atoms with Gasteiger partial charge >= 0.3 is 0 Å². The van der Waals surface area contributed by atoms with Crippen LogP contribution in [0.5, 0.6) is 0 Å². The Kier molecular flexibility index (Phi) is 5.11. The number of aliphatic carboxylic acids is 1. The molecule has 4 heterocycles. The molecule has 0 aliphatic carbocycles. The van der Waals surface area contributed by atoms with E-state index in [0.29, 0.717) is 5.75 Å². The molecule has 2 saturated heterocycles. The average molecular weight is 418 g/mol. The number of carbonyl (C=O) groups is 3. The van der Waals surface area contributed by atoms with Crippen LogP contribution >= 0.6 is 23.1 Å². The quantitative estimate of drug-likeness (QED) is 0.501. The third-order valence-electron chi connectivity index (χ3n) is 5.07. The minimum absolute atomic E-state index is 0.0883.